The molecule has 4 rings (SSSR count). The highest BCUT2D eigenvalue weighted by Gasteiger charge is 2.28. The van der Waals surface area contributed by atoms with Crippen LogP contribution < -0.4 is 0 Å². The zero-order chi connectivity index (χ0) is 15.5. The van der Waals surface area contributed by atoms with Gasteiger partial charge in [0.1, 0.15) is 0 Å². The minimum absolute atomic E-state index is 0.308. The summed E-state index contributed by atoms with van der Waals surface area (Å²) in [5, 5.41) is 0. The molecule has 0 radical (unpaired) electrons. The molecular weight excluding hydrogens is 280 g/mol. The van der Waals surface area contributed by atoms with Crippen LogP contribution in [0.15, 0.2) is 79.1 Å². The number of hydrogen-bond donors (Lipinski definition) is 0. The Hall–Kier alpha value is -2.45. The SMILES string of the molecule is c1ccc(CN2CCc3cnccc3[C@@H]2c2ccccc2)cc1. The Morgan fingerprint density at radius 3 is 2.43 bits per heavy atom. The summed E-state index contributed by atoms with van der Waals surface area (Å²) in [4.78, 5) is 6.89. The van der Waals surface area contributed by atoms with Crippen molar-refractivity contribution in [2.75, 3.05) is 6.54 Å². The van der Waals surface area contributed by atoms with Crippen LogP contribution in [0.1, 0.15) is 28.3 Å². The highest BCUT2D eigenvalue weighted by atomic mass is 15.2. The normalized spacial score (nSPS) is 17.7. The van der Waals surface area contributed by atoms with Gasteiger partial charge in [0.25, 0.3) is 0 Å². The number of aromatic nitrogens is 1. The van der Waals surface area contributed by atoms with Crippen molar-refractivity contribution < 1.29 is 0 Å². The Balaban J connectivity index is 1.74. The van der Waals surface area contributed by atoms with E-state index in [0.29, 0.717) is 6.04 Å². The van der Waals surface area contributed by atoms with Gasteiger partial charge in [0, 0.05) is 25.5 Å². The van der Waals surface area contributed by atoms with E-state index >= 15 is 0 Å². The van der Waals surface area contributed by atoms with Crippen molar-refractivity contribution in [3.05, 3.63) is 101 Å². The molecule has 0 N–H and O–H groups in total. The molecule has 0 fully saturated rings. The Kier molecular flexibility index (Phi) is 3.91. The van der Waals surface area contributed by atoms with E-state index in [-0.39, 0.29) is 0 Å². The van der Waals surface area contributed by atoms with Crippen molar-refractivity contribution in [2.24, 2.45) is 0 Å². The van der Waals surface area contributed by atoms with E-state index in [1.54, 1.807) is 0 Å². The predicted molar refractivity (Wildman–Crippen MR) is 93.1 cm³/mol. The fourth-order valence-corrected chi connectivity index (χ4v) is 3.52. The molecule has 0 bridgehead atoms. The van der Waals surface area contributed by atoms with Crippen molar-refractivity contribution >= 4 is 0 Å². The van der Waals surface area contributed by atoms with Gasteiger partial charge in [0.2, 0.25) is 0 Å². The highest BCUT2D eigenvalue weighted by Crippen LogP contribution is 2.35. The summed E-state index contributed by atoms with van der Waals surface area (Å²) in [5.41, 5.74) is 5.50. The summed E-state index contributed by atoms with van der Waals surface area (Å²) < 4.78 is 0. The lowest BCUT2D eigenvalue weighted by Gasteiger charge is -2.37. The summed E-state index contributed by atoms with van der Waals surface area (Å²) in [7, 11) is 0. The summed E-state index contributed by atoms with van der Waals surface area (Å²) in [6.45, 7) is 2.04. The molecule has 1 aliphatic rings. The van der Waals surface area contributed by atoms with Crippen LogP contribution in [0.3, 0.4) is 0 Å². The highest BCUT2D eigenvalue weighted by molar-refractivity contribution is 5.38. The average Bonchev–Trinajstić information content (AvgIpc) is 2.63. The number of fused-ring (bicyclic) bond motifs is 1. The molecule has 23 heavy (non-hydrogen) atoms. The second-order valence-corrected chi connectivity index (χ2v) is 6.09. The second kappa shape index (κ2) is 6.35. The topological polar surface area (TPSA) is 16.1 Å². The van der Waals surface area contributed by atoms with Gasteiger partial charge in [-0.1, -0.05) is 60.7 Å². The molecule has 2 aromatic carbocycles. The lowest BCUT2D eigenvalue weighted by atomic mass is 9.89. The molecule has 1 aliphatic heterocycles. The molecule has 2 heterocycles. The van der Waals surface area contributed by atoms with Crippen LogP contribution in [-0.2, 0) is 13.0 Å². The van der Waals surface area contributed by atoms with Crippen LogP contribution in [0.5, 0.6) is 0 Å². The molecule has 0 saturated carbocycles. The molecule has 3 aromatic rings. The third-order valence-corrected chi connectivity index (χ3v) is 4.61. The van der Waals surface area contributed by atoms with Crippen LogP contribution in [0.4, 0.5) is 0 Å². The monoisotopic (exact) mass is 300 g/mol. The fraction of sp³-hybridized carbons (Fsp3) is 0.190. The van der Waals surface area contributed by atoms with Crippen LogP contribution >= 0.6 is 0 Å². The maximum atomic E-state index is 4.32. The third-order valence-electron chi connectivity index (χ3n) is 4.61. The van der Waals surface area contributed by atoms with Crippen molar-refractivity contribution in [1.82, 2.24) is 9.88 Å². The van der Waals surface area contributed by atoms with E-state index in [4.69, 9.17) is 0 Å². The maximum absolute atomic E-state index is 4.32. The number of nitrogens with zero attached hydrogens (tertiary/aromatic N) is 2. The first-order valence-corrected chi connectivity index (χ1v) is 8.17. The van der Waals surface area contributed by atoms with Crippen molar-refractivity contribution in [1.29, 1.82) is 0 Å². The molecule has 2 heteroatoms. The van der Waals surface area contributed by atoms with E-state index in [9.17, 15) is 0 Å². The number of pyridine rings is 1. The van der Waals surface area contributed by atoms with Gasteiger partial charge in [-0.15, -0.1) is 0 Å². The molecular formula is C21H20N2. The molecule has 1 aromatic heterocycles. The molecule has 0 unspecified atom stereocenters. The van der Waals surface area contributed by atoms with E-state index in [1.165, 1.54) is 22.3 Å². The van der Waals surface area contributed by atoms with Crippen molar-refractivity contribution in [3.8, 4) is 0 Å². The first-order chi connectivity index (χ1) is 11.4. The minimum Gasteiger partial charge on any atom is -0.288 e. The van der Waals surface area contributed by atoms with E-state index in [1.807, 2.05) is 12.4 Å². The molecule has 0 amide bonds. The number of benzene rings is 2. The third kappa shape index (κ3) is 2.90. The van der Waals surface area contributed by atoms with Gasteiger partial charge in [-0.05, 0) is 34.7 Å². The van der Waals surface area contributed by atoms with Gasteiger partial charge in [0.05, 0.1) is 6.04 Å². The second-order valence-electron chi connectivity index (χ2n) is 6.09. The summed E-state index contributed by atoms with van der Waals surface area (Å²) in [6, 6.07) is 24.1. The molecule has 0 spiro atoms. The van der Waals surface area contributed by atoms with Gasteiger partial charge < -0.3 is 0 Å². The predicted octanol–water partition coefficient (Wildman–Crippen LogP) is 4.23. The van der Waals surface area contributed by atoms with Gasteiger partial charge in [-0.3, -0.25) is 9.88 Å². The van der Waals surface area contributed by atoms with Crippen molar-refractivity contribution in [2.45, 2.75) is 19.0 Å². The van der Waals surface area contributed by atoms with E-state index in [2.05, 4.69) is 76.6 Å². The van der Waals surface area contributed by atoms with Crippen LogP contribution in [0, 0.1) is 0 Å². The zero-order valence-corrected chi connectivity index (χ0v) is 13.1. The molecule has 0 saturated heterocycles. The lowest BCUT2D eigenvalue weighted by Crippen LogP contribution is -2.35. The minimum atomic E-state index is 0.308. The largest absolute Gasteiger partial charge is 0.288 e. The first-order valence-electron chi connectivity index (χ1n) is 8.17. The van der Waals surface area contributed by atoms with Crippen LogP contribution in [0.25, 0.3) is 0 Å². The Morgan fingerprint density at radius 2 is 1.65 bits per heavy atom. The van der Waals surface area contributed by atoms with E-state index < -0.39 is 0 Å². The van der Waals surface area contributed by atoms with Gasteiger partial charge >= 0.3 is 0 Å². The number of hydrogen-bond acceptors (Lipinski definition) is 2. The van der Waals surface area contributed by atoms with Crippen LogP contribution in [0.2, 0.25) is 0 Å². The number of rotatable bonds is 3. The zero-order valence-electron chi connectivity index (χ0n) is 13.1. The molecule has 114 valence electrons. The van der Waals surface area contributed by atoms with Gasteiger partial charge in [0.15, 0.2) is 0 Å². The Labute approximate surface area is 137 Å². The Bertz CT molecular complexity index is 768. The molecule has 2 nitrogen and oxygen atoms in total. The summed E-state index contributed by atoms with van der Waals surface area (Å²) in [6.07, 6.45) is 5.02. The standard InChI is InChI=1S/C21H20N2/c1-3-7-17(8-4-1)16-23-14-12-19-15-22-13-11-20(19)21(23)18-9-5-2-6-10-18/h1-11,13,15,21H,12,14,16H2/t21-/m0/s1. The maximum Gasteiger partial charge on any atom is 0.0608 e. The average molecular weight is 300 g/mol. The lowest BCUT2D eigenvalue weighted by molar-refractivity contribution is 0.204. The first kappa shape index (κ1) is 14.2. The summed E-state index contributed by atoms with van der Waals surface area (Å²) >= 11 is 0. The van der Waals surface area contributed by atoms with Crippen LogP contribution in [-0.4, -0.2) is 16.4 Å². The molecule has 0 aliphatic carbocycles. The van der Waals surface area contributed by atoms with Crippen molar-refractivity contribution in [3.63, 3.8) is 0 Å². The Morgan fingerprint density at radius 1 is 0.913 bits per heavy atom. The van der Waals surface area contributed by atoms with Gasteiger partial charge in [-0.25, -0.2) is 0 Å². The fourth-order valence-electron chi connectivity index (χ4n) is 3.52. The summed E-state index contributed by atoms with van der Waals surface area (Å²) in [5.74, 6) is 0. The van der Waals surface area contributed by atoms with E-state index in [0.717, 1.165) is 19.5 Å². The quantitative estimate of drug-likeness (QED) is 0.719. The van der Waals surface area contributed by atoms with Gasteiger partial charge in [-0.2, -0.15) is 0 Å². The smallest absolute Gasteiger partial charge is 0.0608 e. The molecule has 1 atom stereocenters.